The molecule has 1 aromatic carbocycles. The van der Waals surface area contributed by atoms with Gasteiger partial charge in [-0.25, -0.2) is 14.6 Å². The van der Waals surface area contributed by atoms with Crippen LogP contribution in [0.15, 0.2) is 24.3 Å². The zero-order valence-electron chi connectivity index (χ0n) is 18.4. The number of hydrogen-bond acceptors (Lipinski definition) is 7. The van der Waals surface area contributed by atoms with Gasteiger partial charge in [0.15, 0.2) is 5.82 Å². The lowest BCUT2D eigenvalue weighted by molar-refractivity contribution is -0.122. The number of nitrogens with one attached hydrogen (secondary N) is 1. The maximum Gasteiger partial charge on any atom is 0.242 e. The number of hydrogen-bond donors (Lipinski definition) is 1. The second-order valence-electron chi connectivity index (χ2n) is 8.62. The van der Waals surface area contributed by atoms with Crippen molar-refractivity contribution < 1.29 is 4.79 Å². The molecule has 5 rings (SSSR count). The molecule has 9 heteroatoms. The minimum absolute atomic E-state index is 0.0800. The van der Waals surface area contributed by atoms with E-state index in [9.17, 15) is 4.79 Å². The zero-order valence-corrected chi connectivity index (χ0v) is 18.4. The Kier molecular flexibility index (Phi) is 5.89. The van der Waals surface area contributed by atoms with Crippen LogP contribution in [0.5, 0.6) is 0 Å². The first-order valence-electron chi connectivity index (χ1n) is 11.3. The van der Waals surface area contributed by atoms with E-state index in [-0.39, 0.29) is 12.5 Å². The van der Waals surface area contributed by atoms with Crippen molar-refractivity contribution >= 4 is 5.91 Å². The quantitative estimate of drug-likeness (QED) is 0.630. The van der Waals surface area contributed by atoms with E-state index in [0.29, 0.717) is 24.7 Å². The molecule has 0 bridgehead atoms. The maximum atomic E-state index is 12.6. The number of rotatable bonds is 6. The Balaban J connectivity index is 1.18. The molecule has 166 valence electrons. The highest BCUT2D eigenvalue weighted by Gasteiger charge is 2.20. The lowest BCUT2D eigenvalue weighted by Crippen LogP contribution is -2.33. The Labute approximate surface area is 187 Å². The van der Waals surface area contributed by atoms with E-state index in [1.54, 1.807) is 4.68 Å². The summed E-state index contributed by atoms with van der Waals surface area (Å²) in [5.74, 6) is 1.21. The molecule has 1 aliphatic heterocycles. The first-order chi connectivity index (χ1) is 15.7. The number of carbonyl (C=O) groups excluding carboxylic acids is 1. The Hall–Kier alpha value is -3.20. The minimum atomic E-state index is -0.151. The number of benzene rings is 1. The summed E-state index contributed by atoms with van der Waals surface area (Å²) in [7, 11) is 0. The first-order valence-corrected chi connectivity index (χ1v) is 11.3. The fraction of sp³-hybridized carbons (Fsp3) is 0.478. The summed E-state index contributed by atoms with van der Waals surface area (Å²) in [5, 5.41) is 14.9. The third-order valence-corrected chi connectivity index (χ3v) is 6.35. The smallest absolute Gasteiger partial charge is 0.242 e. The van der Waals surface area contributed by atoms with Gasteiger partial charge in [0.05, 0.1) is 13.1 Å². The van der Waals surface area contributed by atoms with Gasteiger partial charge in [-0.15, -0.1) is 5.10 Å². The SMILES string of the molecule is Cc1nc(CNC(=O)Cn2nnnc2CN2CCc3ccccc3C2)nc2c1CCCC2. The molecular weight excluding hydrogens is 404 g/mol. The molecule has 2 aliphatic rings. The van der Waals surface area contributed by atoms with Crippen LogP contribution in [0.4, 0.5) is 0 Å². The van der Waals surface area contributed by atoms with Crippen molar-refractivity contribution in [2.75, 3.05) is 6.54 Å². The van der Waals surface area contributed by atoms with Crippen LogP contribution in [0.3, 0.4) is 0 Å². The number of aromatic nitrogens is 6. The summed E-state index contributed by atoms with van der Waals surface area (Å²) in [4.78, 5) is 24.1. The first kappa shape index (κ1) is 20.7. The Morgan fingerprint density at radius 3 is 2.84 bits per heavy atom. The molecule has 1 aliphatic carbocycles. The van der Waals surface area contributed by atoms with Gasteiger partial charge in [0.25, 0.3) is 0 Å². The Morgan fingerprint density at radius 1 is 1.09 bits per heavy atom. The lowest BCUT2D eigenvalue weighted by Gasteiger charge is -2.28. The van der Waals surface area contributed by atoms with Crippen molar-refractivity contribution in [3.05, 3.63) is 64.0 Å². The van der Waals surface area contributed by atoms with Crippen molar-refractivity contribution in [1.82, 2.24) is 40.4 Å². The number of fused-ring (bicyclic) bond motifs is 2. The molecule has 0 radical (unpaired) electrons. The predicted molar refractivity (Wildman–Crippen MR) is 117 cm³/mol. The van der Waals surface area contributed by atoms with Gasteiger partial charge in [-0.05, 0) is 66.1 Å². The van der Waals surface area contributed by atoms with Crippen molar-refractivity contribution in [2.24, 2.45) is 0 Å². The second kappa shape index (κ2) is 9.12. The van der Waals surface area contributed by atoms with E-state index in [4.69, 9.17) is 0 Å². The number of aryl methyl sites for hydroxylation is 2. The average Bonchev–Trinajstić information content (AvgIpc) is 3.24. The number of amides is 1. The highest BCUT2D eigenvalue weighted by Crippen LogP contribution is 2.22. The molecule has 32 heavy (non-hydrogen) atoms. The Morgan fingerprint density at radius 2 is 1.94 bits per heavy atom. The molecule has 0 atom stereocenters. The predicted octanol–water partition coefficient (Wildman–Crippen LogP) is 1.53. The summed E-state index contributed by atoms with van der Waals surface area (Å²) in [6, 6.07) is 8.52. The molecule has 0 unspecified atom stereocenters. The minimum Gasteiger partial charge on any atom is -0.347 e. The number of carbonyl (C=O) groups is 1. The summed E-state index contributed by atoms with van der Waals surface area (Å²) in [6.07, 6.45) is 5.43. The van der Waals surface area contributed by atoms with Crippen molar-refractivity contribution in [1.29, 1.82) is 0 Å². The lowest BCUT2D eigenvalue weighted by atomic mass is 9.95. The van der Waals surface area contributed by atoms with E-state index >= 15 is 0 Å². The van der Waals surface area contributed by atoms with Crippen LogP contribution in [0.2, 0.25) is 0 Å². The van der Waals surface area contributed by atoms with Crippen LogP contribution in [-0.2, 0) is 50.2 Å². The summed E-state index contributed by atoms with van der Waals surface area (Å²) >= 11 is 0. The molecule has 0 fully saturated rings. The fourth-order valence-corrected chi connectivity index (χ4v) is 4.64. The van der Waals surface area contributed by atoms with E-state index in [1.165, 1.54) is 29.5 Å². The third kappa shape index (κ3) is 4.52. The highest BCUT2D eigenvalue weighted by atomic mass is 16.2. The van der Waals surface area contributed by atoms with E-state index < -0.39 is 0 Å². The summed E-state index contributed by atoms with van der Waals surface area (Å²) < 4.78 is 1.58. The van der Waals surface area contributed by atoms with Crippen LogP contribution >= 0.6 is 0 Å². The van der Waals surface area contributed by atoms with Crippen molar-refractivity contribution in [2.45, 2.75) is 65.2 Å². The molecule has 1 N–H and O–H groups in total. The molecule has 1 amide bonds. The normalized spacial score (nSPS) is 15.8. The van der Waals surface area contributed by atoms with Crippen LogP contribution in [0.1, 0.15) is 52.6 Å². The van der Waals surface area contributed by atoms with Gasteiger partial charge in [0.2, 0.25) is 5.91 Å². The number of nitrogens with zero attached hydrogens (tertiary/aromatic N) is 7. The fourth-order valence-electron chi connectivity index (χ4n) is 4.64. The molecule has 2 aromatic heterocycles. The van der Waals surface area contributed by atoms with Gasteiger partial charge in [0.1, 0.15) is 12.4 Å². The van der Waals surface area contributed by atoms with Crippen LogP contribution < -0.4 is 5.32 Å². The molecule has 0 saturated carbocycles. The van der Waals surface area contributed by atoms with E-state index in [1.807, 2.05) is 6.92 Å². The topological polar surface area (TPSA) is 102 Å². The van der Waals surface area contributed by atoms with Crippen LogP contribution in [0.25, 0.3) is 0 Å². The molecule has 9 nitrogen and oxygen atoms in total. The summed E-state index contributed by atoms with van der Waals surface area (Å²) in [6.45, 7) is 4.85. The molecular formula is C23H28N8O. The van der Waals surface area contributed by atoms with Gasteiger partial charge in [0, 0.05) is 24.5 Å². The van der Waals surface area contributed by atoms with Crippen molar-refractivity contribution in [3.63, 3.8) is 0 Å². The average molecular weight is 433 g/mol. The highest BCUT2D eigenvalue weighted by molar-refractivity contribution is 5.75. The van der Waals surface area contributed by atoms with Gasteiger partial charge in [-0.1, -0.05) is 24.3 Å². The van der Waals surface area contributed by atoms with Gasteiger partial charge < -0.3 is 5.32 Å². The van der Waals surface area contributed by atoms with Gasteiger partial charge >= 0.3 is 0 Å². The van der Waals surface area contributed by atoms with E-state index in [0.717, 1.165) is 43.7 Å². The third-order valence-electron chi connectivity index (χ3n) is 6.35. The van der Waals surface area contributed by atoms with Crippen LogP contribution in [-0.4, -0.2) is 47.5 Å². The molecule has 0 spiro atoms. The zero-order chi connectivity index (χ0) is 21.9. The molecule has 3 aromatic rings. The monoisotopic (exact) mass is 432 g/mol. The standard InChI is InChI=1S/C23H28N8O/c1-16-19-8-4-5-9-20(19)26-21(25-16)12-24-23(32)15-31-22(27-28-29-31)14-30-11-10-17-6-2-3-7-18(17)13-30/h2-3,6-7H,4-5,8-15H2,1H3,(H,24,32). The van der Waals surface area contributed by atoms with Gasteiger partial charge in [-0.2, -0.15) is 0 Å². The van der Waals surface area contributed by atoms with Gasteiger partial charge in [-0.3, -0.25) is 9.69 Å². The second-order valence-corrected chi connectivity index (χ2v) is 8.62. The maximum absolute atomic E-state index is 12.6. The summed E-state index contributed by atoms with van der Waals surface area (Å²) in [5.41, 5.74) is 6.20. The van der Waals surface area contributed by atoms with Crippen molar-refractivity contribution in [3.8, 4) is 0 Å². The van der Waals surface area contributed by atoms with Crippen LogP contribution in [0, 0.1) is 6.92 Å². The molecule has 3 heterocycles. The largest absolute Gasteiger partial charge is 0.347 e. The van der Waals surface area contributed by atoms with E-state index in [2.05, 4.69) is 60.0 Å². The number of tetrazole rings is 1. The molecule has 0 saturated heterocycles. The Bertz CT molecular complexity index is 1120.